The second kappa shape index (κ2) is 8.91. The minimum absolute atomic E-state index is 0.0571. The van der Waals surface area contributed by atoms with Gasteiger partial charge in [0, 0.05) is 11.0 Å². The summed E-state index contributed by atoms with van der Waals surface area (Å²) in [6, 6.07) is 17.9. The molecule has 4 nitrogen and oxygen atoms in total. The first-order valence-corrected chi connectivity index (χ1v) is 10.1. The van der Waals surface area contributed by atoms with Gasteiger partial charge in [0.2, 0.25) is 0 Å². The second-order valence-electron chi connectivity index (χ2n) is 6.51. The number of carbonyl (C=O) groups is 1. The van der Waals surface area contributed by atoms with Crippen molar-refractivity contribution >= 4 is 17.7 Å². The van der Waals surface area contributed by atoms with Crippen LogP contribution in [-0.2, 0) is 12.2 Å². The Morgan fingerprint density at radius 2 is 1.93 bits per heavy atom. The third-order valence-electron chi connectivity index (χ3n) is 4.41. The smallest absolute Gasteiger partial charge is 0.252 e. The molecule has 3 rings (SSSR count). The molecule has 0 saturated carbocycles. The molecule has 5 heteroatoms. The highest BCUT2D eigenvalue weighted by atomic mass is 32.2. The summed E-state index contributed by atoms with van der Waals surface area (Å²) in [6.45, 7) is 6.04. The maximum Gasteiger partial charge on any atom is 0.252 e. The van der Waals surface area contributed by atoms with Gasteiger partial charge >= 0.3 is 0 Å². The molecule has 27 heavy (non-hydrogen) atoms. The molecule has 1 unspecified atom stereocenters. The summed E-state index contributed by atoms with van der Waals surface area (Å²) in [4.78, 5) is 13.8. The Hall–Kier alpha value is -2.53. The van der Waals surface area contributed by atoms with Crippen LogP contribution in [0.4, 0.5) is 0 Å². The van der Waals surface area contributed by atoms with Crippen molar-refractivity contribution in [1.29, 1.82) is 0 Å². The van der Waals surface area contributed by atoms with Crippen LogP contribution in [0, 0.1) is 6.92 Å². The number of thioether (sulfide) groups is 1. The highest BCUT2D eigenvalue weighted by Crippen LogP contribution is 2.27. The Bertz CT molecular complexity index is 903. The SMILES string of the molecule is CCc1ccc(C(C)NC(=O)c2ccccc2SCc2cc(C)no2)cc1. The monoisotopic (exact) mass is 380 g/mol. The van der Waals surface area contributed by atoms with Crippen LogP contribution in [0.5, 0.6) is 0 Å². The minimum atomic E-state index is -0.0704. The fourth-order valence-corrected chi connectivity index (χ4v) is 3.74. The molecule has 1 amide bonds. The van der Waals surface area contributed by atoms with Crippen molar-refractivity contribution in [2.75, 3.05) is 0 Å². The van der Waals surface area contributed by atoms with Gasteiger partial charge in [-0.15, -0.1) is 11.8 Å². The molecule has 140 valence electrons. The summed E-state index contributed by atoms with van der Waals surface area (Å²) < 4.78 is 5.26. The predicted molar refractivity (Wildman–Crippen MR) is 109 cm³/mol. The molecule has 1 atom stereocenters. The van der Waals surface area contributed by atoms with Crippen LogP contribution in [0.15, 0.2) is 64.0 Å². The standard InChI is InChI=1S/C22H24N2O2S/c1-4-17-9-11-18(12-10-17)16(3)23-22(25)20-7-5-6-8-21(20)27-14-19-13-15(2)24-26-19/h5-13,16H,4,14H2,1-3H3,(H,23,25). The first kappa shape index (κ1) is 19.2. The van der Waals surface area contributed by atoms with Crippen LogP contribution >= 0.6 is 11.8 Å². The van der Waals surface area contributed by atoms with Crippen LogP contribution in [0.1, 0.15) is 52.8 Å². The third kappa shape index (κ3) is 5.01. The first-order chi connectivity index (χ1) is 13.1. The lowest BCUT2D eigenvalue weighted by atomic mass is 10.0. The molecular weight excluding hydrogens is 356 g/mol. The zero-order chi connectivity index (χ0) is 19.2. The normalized spacial score (nSPS) is 12.0. The van der Waals surface area contributed by atoms with Gasteiger partial charge in [-0.2, -0.15) is 0 Å². The topological polar surface area (TPSA) is 55.1 Å². The second-order valence-corrected chi connectivity index (χ2v) is 7.53. The Kier molecular flexibility index (Phi) is 6.35. The molecule has 0 fully saturated rings. The van der Waals surface area contributed by atoms with Crippen molar-refractivity contribution in [1.82, 2.24) is 10.5 Å². The van der Waals surface area contributed by atoms with Crippen molar-refractivity contribution in [3.63, 3.8) is 0 Å². The van der Waals surface area contributed by atoms with E-state index in [0.717, 1.165) is 28.3 Å². The van der Waals surface area contributed by atoms with Crippen molar-refractivity contribution in [3.05, 3.63) is 82.7 Å². The number of amides is 1. The number of hydrogen-bond acceptors (Lipinski definition) is 4. The fraction of sp³-hybridized carbons (Fsp3) is 0.273. The maximum atomic E-state index is 12.8. The average Bonchev–Trinajstić information content (AvgIpc) is 3.11. The summed E-state index contributed by atoms with van der Waals surface area (Å²) in [5.41, 5.74) is 3.93. The Labute approximate surface area is 164 Å². The van der Waals surface area contributed by atoms with E-state index in [2.05, 4.69) is 41.7 Å². The zero-order valence-electron chi connectivity index (χ0n) is 15.9. The molecule has 1 aromatic heterocycles. The van der Waals surface area contributed by atoms with Gasteiger partial charge in [0.15, 0.2) is 0 Å². The van der Waals surface area contributed by atoms with E-state index in [1.54, 1.807) is 11.8 Å². The van der Waals surface area contributed by atoms with E-state index in [9.17, 15) is 4.79 Å². The van der Waals surface area contributed by atoms with Crippen LogP contribution < -0.4 is 5.32 Å². The summed E-state index contributed by atoms with van der Waals surface area (Å²) >= 11 is 1.58. The molecule has 0 aliphatic carbocycles. The summed E-state index contributed by atoms with van der Waals surface area (Å²) in [5.74, 6) is 1.37. The van der Waals surface area contributed by atoms with Crippen LogP contribution in [-0.4, -0.2) is 11.1 Å². The molecule has 3 aromatic rings. The van der Waals surface area contributed by atoms with E-state index in [-0.39, 0.29) is 11.9 Å². The van der Waals surface area contributed by atoms with Gasteiger partial charge in [-0.3, -0.25) is 4.79 Å². The first-order valence-electron chi connectivity index (χ1n) is 9.10. The predicted octanol–water partition coefficient (Wildman–Crippen LogP) is 5.33. The molecule has 0 aliphatic heterocycles. The Morgan fingerprint density at radius 3 is 2.59 bits per heavy atom. The lowest BCUT2D eigenvalue weighted by molar-refractivity contribution is 0.0937. The molecule has 2 aromatic carbocycles. The van der Waals surface area contributed by atoms with Crippen LogP contribution in [0.2, 0.25) is 0 Å². The lowest BCUT2D eigenvalue weighted by Gasteiger charge is -2.16. The van der Waals surface area contributed by atoms with Crippen molar-refractivity contribution in [3.8, 4) is 0 Å². The molecule has 0 saturated heterocycles. The Morgan fingerprint density at radius 1 is 1.19 bits per heavy atom. The number of aryl methyl sites for hydroxylation is 2. The number of carbonyl (C=O) groups excluding carboxylic acids is 1. The molecule has 0 aliphatic rings. The molecule has 0 bridgehead atoms. The lowest BCUT2D eigenvalue weighted by Crippen LogP contribution is -2.27. The number of aromatic nitrogens is 1. The summed E-state index contributed by atoms with van der Waals surface area (Å²) in [5, 5.41) is 7.01. The molecule has 1 heterocycles. The van der Waals surface area contributed by atoms with Gasteiger partial charge in [-0.05, 0) is 43.5 Å². The largest absolute Gasteiger partial charge is 0.360 e. The molecule has 0 spiro atoms. The molecule has 0 radical (unpaired) electrons. The van der Waals surface area contributed by atoms with Crippen LogP contribution in [0.25, 0.3) is 0 Å². The fourth-order valence-electron chi connectivity index (χ4n) is 2.81. The van der Waals surface area contributed by atoms with Gasteiger partial charge < -0.3 is 9.84 Å². The maximum absolute atomic E-state index is 12.8. The van der Waals surface area contributed by atoms with Gasteiger partial charge in [0.25, 0.3) is 5.91 Å². The quantitative estimate of drug-likeness (QED) is 0.563. The van der Waals surface area contributed by atoms with E-state index in [1.165, 1.54) is 5.56 Å². The third-order valence-corrected chi connectivity index (χ3v) is 5.51. The Balaban J connectivity index is 1.68. The van der Waals surface area contributed by atoms with Gasteiger partial charge in [0.05, 0.1) is 23.1 Å². The molecule has 1 N–H and O–H groups in total. The van der Waals surface area contributed by atoms with Crippen molar-refractivity contribution in [2.24, 2.45) is 0 Å². The summed E-state index contributed by atoms with van der Waals surface area (Å²) in [7, 11) is 0. The van der Waals surface area contributed by atoms with E-state index < -0.39 is 0 Å². The average molecular weight is 381 g/mol. The number of nitrogens with zero attached hydrogens (tertiary/aromatic N) is 1. The highest BCUT2D eigenvalue weighted by Gasteiger charge is 2.15. The van der Waals surface area contributed by atoms with Gasteiger partial charge in [-0.25, -0.2) is 0 Å². The number of hydrogen-bond donors (Lipinski definition) is 1. The van der Waals surface area contributed by atoms with Crippen molar-refractivity contribution < 1.29 is 9.32 Å². The van der Waals surface area contributed by atoms with Gasteiger partial charge in [0.1, 0.15) is 5.76 Å². The van der Waals surface area contributed by atoms with E-state index in [1.807, 2.05) is 44.2 Å². The van der Waals surface area contributed by atoms with E-state index in [4.69, 9.17) is 4.52 Å². The van der Waals surface area contributed by atoms with Gasteiger partial charge in [-0.1, -0.05) is 48.5 Å². The van der Waals surface area contributed by atoms with Crippen LogP contribution in [0.3, 0.4) is 0 Å². The minimum Gasteiger partial charge on any atom is -0.360 e. The summed E-state index contributed by atoms with van der Waals surface area (Å²) in [6.07, 6.45) is 1.01. The highest BCUT2D eigenvalue weighted by molar-refractivity contribution is 7.98. The van der Waals surface area contributed by atoms with Crippen molar-refractivity contribution in [2.45, 2.75) is 43.9 Å². The van der Waals surface area contributed by atoms with E-state index >= 15 is 0 Å². The number of benzene rings is 2. The van der Waals surface area contributed by atoms with E-state index in [0.29, 0.717) is 11.3 Å². The molecular formula is C22H24N2O2S. The number of rotatable bonds is 7. The number of nitrogens with one attached hydrogen (secondary N) is 1. The zero-order valence-corrected chi connectivity index (χ0v) is 16.7.